The minimum atomic E-state index is 0.252. The largest absolute Gasteiger partial charge is 0.344 e. The molecule has 8 nitrogen and oxygen atoms in total. The van der Waals surface area contributed by atoms with Crippen molar-refractivity contribution in [3.63, 3.8) is 0 Å². The van der Waals surface area contributed by atoms with Gasteiger partial charge >= 0.3 is 0 Å². The second kappa shape index (κ2) is 32.7. The van der Waals surface area contributed by atoms with E-state index in [0.29, 0.717) is 0 Å². The standard InChI is InChI=1S/C130H94N8/c1-3-4-10-37-92-84-132(124-67-36-59-110-104-53-19-9-20-61-120(104)136(128(110)127(92)124)97-48-15-7-16-49-97)100-76-94(77-101(81-100)135-119-64-30-26-58-109(119)115-82-125-114(83-126(115)135)108-57-25-29-63-118(108)134(125)96-46-13-6-14-47-96)90-43-35-41-88(74-90)86-39-33-38-85(72-86)87-40-34-42-89(73-87)93-75-99(131(2)116-60-27-21-52-103(116)91-68-71-123-113(79-91)107-56-24-28-62-117(107)133(123)95-44-11-5-12-45-95)80-102(78-93)138-122-66-32-23-55-106(122)112-70-69-111-105-54-22-31-65-121(105)137(129(111)130(112)138)98-50-17-8-18-51-98/h3-8,10-19,21-60,62-66,68-84,104,120H,9,20,61,67H2,1-2H3/b4-3-,37-10-. The van der Waals surface area contributed by atoms with Gasteiger partial charge in [0.15, 0.2) is 0 Å². The number of para-hydroxylation sites is 10. The molecular formula is C130H94N8. The minimum Gasteiger partial charge on any atom is -0.344 e. The zero-order chi connectivity index (χ0) is 91.2. The molecule has 8 heteroatoms. The van der Waals surface area contributed by atoms with E-state index in [9.17, 15) is 0 Å². The van der Waals surface area contributed by atoms with Gasteiger partial charge in [-0.25, -0.2) is 0 Å². The Kier molecular flexibility index (Phi) is 19.0. The van der Waals surface area contributed by atoms with Crippen molar-refractivity contribution in [2.24, 2.45) is 5.92 Å². The van der Waals surface area contributed by atoms with Gasteiger partial charge in [-0.3, -0.25) is 0 Å². The molecule has 18 aromatic carbocycles. The predicted molar refractivity (Wildman–Crippen MR) is 582 cm³/mol. The van der Waals surface area contributed by atoms with Crippen LogP contribution in [0.4, 0.5) is 17.1 Å². The number of anilines is 3. The average Bonchev–Trinajstić information content (AvgIpc) is 1.55. The number of hydrogen-bond acceptors (Lipinski definition) is 2. The number of allylic oxidation sites excluding steroid dienone is 6. The monoisotopic (exact) mass is 1770 g/mol. The third-order valence-corrected chi connectivity index (χ3v) is 29.6. The Labute approximate surface area is 800 Å². The van der Waals surface area contributed by atoms with Crippen LogP contribution in [0.25, 0.3) is 211 Å². The molecule has 2 aliphatic carbocycles. The summed E-state index contributed by atoms with van der Waals surface area (Å²) >= 11 is 0. The van der Waals surface area contributed by atoms with Crippen molar-refractivity contribution >= 4 is 138 Å². The molecule has 2 unspecified atom stereocenters. The normalized spacial score (nSPS) is 14.5. The summed E-state index contributed by atoms with van der Waals surface area (Å²) in [6.45, 7) is 2.11. The Morgan fingerprint density at radius 3 is 1.30 bits per heavy atom. The summed E-state index contributed by atoms with van der Waals surface area (Å²) in [6, 6.07) is 157. The number of aromatic nitrogens is 6. The highest BCUT2D eigenvalue weighted by Crippen LogP contribution is 2.53. The lowest BCUT2D eigenvalue weighted by Crippen LogP contribution is -2.33. The zero-order valence-corrected chi connectivity index (χ0v) is 76.6. The molecule has 0 amide bonds. The summed E-state index contributed by atoms with van der Waals surface area (Å²) in [6.07, 6.45) is 25.3. The molecule has 0 radical (unpaired) electrons. The third kappa shape index (κ3) is 13.0. The van der Waals surface area contributed by atoms with Gasteiger partial charge in [-0.1, -0.05) is 303 Å². The van der Waals surface area contributed by atoms with Crippen LogP contribution in [0, 0.1) is 5.92 Å². The first-order valence-corrected chi connectivity index (χ1v) is 48.4. The van der Waals surface area contributed by atoms with E-state index in [-0.39, 0.29) is 12.0 Å². The molecule has 7 heterocycles. The highest BCUT2D eigenvalue weighted by Gasteiger charge is 2.43. The van der Waals surface area contributed by atoms with E-state index in [0.717, 1.165) is 160 Å². The number of rotatable bonds is 16. The topological polar surface area (TPSA) is 36.1 Å². The van der Waals surface area contributed by atoms with Gasteiger partial charge in [-0.15, -0.1) is 0 Å². The fourth-order valence-electron chi connectivity index (χ4n) is 23.5. The molecule has 6 aromatic heterocycles. The maximum absolute atomic E-state index is 2.72. The van der Waals surface area contributed by atoms with E-state index in [1.54, 1.807) is 0 Å². The fraction of sp³-hybridized carbons (Fsp3) is 0.0615. The summed E-state index contributed by atoms with van der Waals surface area (Å²) in [5, 5.41) is 12.1. The average molecular weight is 1770 g/mol. The van der Waals surface area contributed by atoms with Gasteiger partial charge in [0.2, 0.25) is 0 Å². The summed E-state index contributed by atoms with van der Waals surface area (Å²) in [5.74, 6) is 0.252. The number of fused-ring (bicyclic) bond motifs is 20. The number of hydrogen-bond donors (Lipinski definition) is 0. The van der Waals surface area contributed by atoms with Crippen LogP contribution in [-0.2, 0) is 6.42 Å². The third-order valence-electron chi connectivity index (χ3n) is 29.6. The van der Waals surface area contributed by atoms with Gasteiger partial charge in [0.05, 0.1) is 60.9 Å². The van der Waals surface area contributed by atoms with E-state index in [1.807, 2.05) is 0 Å². The van der Waals surface area contributed by atoms with Crippen LogP contribution in [-0.4, -0.2) is 40.5 Å². The van der Waals surface area contributed by atoms with E-state index < -0.39 is 0 Å². The Bertz CT molecular complexity index is 9250. The van der Waals surface area contributed by atoms with Crippen LogP contribution in [0.5, 0.6) is 0 Å². The van der Waals surface area contributed by atoms with Gasteiger partial charge in [0.1, 0.15) is 0 Å². The molecule has 0 saturated heterocycles. The van der Waals surface area contributed by atoms with Crippen LogP contribution in [0.3, 0.4) is 0 Å². The van der Waals surface area contributed by atoms with Crippen molar-refractivity contribution in [2.75, 3.05) is 16.8 Å². The molecular weight excluding hydrogens is 1670 g/mol. The second-order valence-corrected chi connectivity index (χ2v) is 37.3. The van der Waals surface area contributed by atoms with Gasteiger partial charge in [-0.2, -0.15) is 0 Å². The number of benzene rings is 18. The molecule has 2 atom stereocenters. The fourth-order valence-corrected chi connectivity index (χ4v) is 23.5. The SMILES string of the molecule is C/C=C\C=C/c1cn(-c2cc(-c3cccc(-c4cccc(-c5cccc(-c6cc(N(C)c7ccccc7-c7ccc8c(c7)c7ccccc7n8-c7ccccc7)cc(-n7c8ccccc8c8ccc9c%10ccccc%10n(-c%10ccccc%10)c9c87)c6)c5)c4)c3)cc(-n3c4ccccc4c4cc5c(cc43)c3ccccc3n5-c3ccccc3)c2)c2c1C1=C(C=CC2)C2C=CCCCC2N1c1ccccc1. The molecule has 138 heavy (non-hydrogen) atoms. The summed E-state index contributed by atoms with van der Waals surface area (Å²) < 4.78 is 15.0. The highest BCUT2D eigenvalue weighted by molar-refractivity contribution is 6.25. The van der Waals surface area contributed by atoms with E-state index in [2.05, 4.69) is 525 Å². The van der Waals surface area contributed by atoms with Crippen molar-refractivity contribution in [1.29, 1.82) is 0 Å². The molecule has 0 saturated carbocycles. The van der Waals surface area contributed by atoms with Gasteiger partial charge in [0, 0.05) is 159 Å². The first kappa shape index (κ1) is 80.2. The van der Waals surface area contributed by atoms with Crippen molar-refractivity contribution in [1.82, 2.24) is 27.4 Å². The van der Waals surface area contributed by atoms with Gasteiger partial charge in [0.25, 0.3) is 0 Å². The molecule has 24 aromatic rings. The molecule has 0 spiro atoms. The van der Waals surface area contributed by atoms with Crippen LogP contribution >= 0.6 is 0 Å². The summed E-state index contributed by atoms with van der Waals surface area (Å²) in [7, 11) is 2.25. The molecule has 654 valence electrons. The summed E-state index contributed by atoms with van der Waals surface area (Å²) in [4.78, 5) is 5.13. The lowest BCUT2D eigenvalue weighted by atomic mass is 9.91. The first-order valence-electron chi connectivity index (χ1n) is 48.4. The smallest absolute Gasteiger partial charge is 0.0788 e. The Hall–Kier alpha value is -17.5. The zero-order valence-electron chi connectivity index (χ0n) is 76.6. The van der Waals surface area contributed by atoms with Gasteiger partial charge in [-0.05, 0) is 246 Å². The van der Waals surface area contributed by atoms with E-state index in [4.69, 9.17) is 0 Å². The van der Waals surface area contributed by atoms with Crippen molar-refractivity contribution in [3.8, 4) is 89.8 Å². The predicted octanol–water partition coefficient (Wildman–Crippen LogP) is 33.7. The molecule has 1 aliphatic heterocycles. The van der Waals surface area contributed by atoms with Crippen molar-refractivity contribution in [2.45, 2.75) is 38.6 Å². The first-order chi connectivity index (χ1) is 68.4. The summed E-state index contributed by atoms with van der Waals surface area (Å²) in [5.41, 5.74) is 39.3. The molecule has 3 aliphatic rings. The van der Waals surface area contributed by atoms with Crippen molar-refractivity contribution < 1.29 is 0 Å². The van der Waals surface area contributed by atoms with Crippen molar-refractivity contribution in [3.05, 3.63) is 490 Å². The van der Waals surface area contributed by atoms with Crippen LogP contribution < -0.4 is 9.80 Å². The Morgan fingerprint density at radius 2 is 0.746 bits per heavy atom. The van der Waals surface area contributed by atoms with Crippen LogP contribution in [0.2, 0.25) is 0 Å². The maximum Gasteiger partial charge on any atom is 0.0788 e. The number of nitrogens with zero attached hydrogens (tertiary/aromatic N) is 8. The van der Waals surface area contributed by atoms with Crippen LogP contribution in [0.15, 0.2) is 473 Å². The molecule has 0 N–H and O–H groups in total. The Morgan fingerprint density at radius 1 is 0.312 bits per heavy atom. The molecule has 0 fully saturated rings. The lowest BCUT2D eigenvalue weighted by molar-refractivity contribution is 0.543. The molecule has 0 bridgehead atoms. The van der Waals surface area contributed by atoms with E-state index >= 15 is 0 Å². The van der Waals surface area contributed by atoms with E-state index in [1.165, 1.54) is 110 Å². The van der Waals surface area contributed by atoms with Crippen LogP contribution in [0.1, 0.15) is 43.0 Å². The Balaban J connectivity index is 0.622. The quantitative estimate of drug-likeness (QED) is 0.0714. The molecule has 27 rings (SSSR count). The highest BCUT2D eigenvalue weighted by atomic mass is 15.2. The second-order valence-electron chi connectivity index (χ2n) is 37.3. The maximum atomic E-state index is 2.72. The van der Waals surface area contributed by atoms with Gasteiger partial charge < -0.3 is 37.2 Å². The minimum absolute atomic E-state index is 0.252. The lowest BCUT2D eigenvalue weighted by Gasteiger charge is -2.32.